The molecule has 2 N–H and O–H groups in total. The van der Waals surface area contributed by atoms with Crippen LogP contribution in [0.4, 0.5) is 5.69 Å². The summed E-state index contributed by atoms with van der Waals surface area (Å²) < 4.78 is 4.67. The lowest BCUT2D eigenvalue weighted by atomic mass is 10.1. The Balaban J connectivity index is 2.76. The van der Waals surface area contributed by atoms with Crippen LogP contribution in [0, 0.1) is 0 Å². The Bertz CT molecular complexity index is 360. The molecule has 0 saturated heterocycles. The normalized spacial score (nSPS) is 11.0. The van der Waals surface area contributed by atoms with Crippen LogP contribution in [0.2, 0.25) is 0 Å². The summed E-state index contributed by atoms with van der Waals surface area (Å²) >= 11 is 0. The first-order chi connectivity index (χ1) is 7.49. The molecular formula is C11H16N2O3. The maximum Gasteiger partial charge on any atom is 0.330 e. The molecule has 16 heavy (non-hydrogen) atoms. The van der Waals surface area contributed by atoms with Crippen LogP contribution < -0.4 is 5.32 Å². The highest BCUT2D eigenvalue weighted by Gasteiger charge is 2.28. The maximum absolute atomic E-state index is 11.4. The van der Waals surface area contributed by atoms with Crippen LogP contribution in [0.15, 0.2) is 18.3 Å². The predicted octanol–water partition coefficient (Wildman–Crippen LogP) is 0.937. The van der Waals surface area contributed by atoms with E-state index in [4.69, 9.17) is 5.11 Å². The first kappa shape index (κ1) is 12.4. The molecule has 1 aromatic heterocycles. The van der Waals surface area contributed by atoms with E-state index in [-0.39, 0.29) is 12.6 Å². The number of methoxy groups -OCH3 is 1. The topological polar surface area (TPSA) is 71.5 Å². The van der Waals surface area contributed by atoms with Crippen LogP contribution in [0.5, 0.6) is 0 Å². The molecule has 0 spiro atoms. The minimum atomic E-state index is -0.808. The van der Waals surface area contributed by atoms with Crippen molar-refractivity contribution in [1.29, 1.82) is 0 Å². The second-order valence-corrected chi connectivity index (χ2v) is 3.94. The number of hydrogen-bond acceptors (Lipinski definition) is 5. The molecule has 0 unspecified atom stereocenters. The lowest BCUT2D eigenvalue weighted by molar-refractivity contribution is -0.144. The number of esters is 1. The Morgan fingerprint density at radius 1 is 1.56 bits per heavy atom. The minimum Gasteiger partial charge on any atom is -0.467 e. The third kappa shape index (κ3) is 2.93. The van der Waals surface area contributed by atoms with Gasteiger partial charge in [0.05, 0.1) is 31.3 Å². The van der Waals surface area contributed by atoms with E-state index >= 15 is 0 Å². The zero-order chi connectivity index (χ0) is 12.2. The molecule has 1 rings (SSSR count). The van der Waals surface area contributed by atoms with Gasteiger partial charge < -0.3 is 15.2 Å². The van der Waals surface area contributed by atoms with Gasteiger partial charge >= 0.3 is 5.97 Å². The number of carbonyl (C=O) groups excluding carboxylic acids is 1. The van der Waals surface area contributed by atoms with Gasteiger partial charge in [0.25, 0.3) is 0 Å². The molecule has 0 aliphatic carbocycles. The molecule has 88 valence electrons. The number of aromatic nitrogens is 1. The number of ether oxygens (including phenoxy) is 1. The van der Waals surface area contributed by atoms with E-state index in [2.05, 4.69) is 15.0 Å². The second-order valence-electron chi connectivity index (χ2n) is 3.94. The summed E-state index contributed by atoms with van der Waals surface area (Å²) in [6.07, 6.45) is 1.57. The molecule has 5 nitrogen and oxygen atoms in total. The van der Waals surface area contributed by atoms with Crippen LogP contribution in [0.1, 0.15) is 19.5 Å². The van der Waals surface area contributed by atoms with Gasteiger partial charge in [-0.25, -0.2) is 4.79 Å². The van der Waals surface area contributed by atoms with Crippen LogP contribution >= 0.6 is 0 Å². The van der Waals surface area contributed by atoms with Crippen LogP contribution in [0.25, 0.3) is 0 Å². The highest BCUT2D eigenvalue weighted by atomic mass is 16.5. The van der Waals surface area contributed by atoms with E-state index in [9.17, 15) is 4.79 Å². The molecule has 0 fully saturated rings. The Hall–Kier alpha value is -1.62. The summed E-state index contributed by atoms with van der Waals surface area (Å²) in [7, 11) is 1.35. The van der Waals surface area contributed by atoms with Crippen molar-refractivity contribution in [2.45, 2.75) is 26.0 Å². The molecule has 0 aliphatic heterocycles. The Kier molecular flexibility index (Phi) is 3.84. The SMILES string of the molecule is COC(=O)C(C)(C)Nc1ccc(CO)nc1. The molecule has 1 heterocycles. The number of rotatable bonds is 4. The van der Waals surface area contributed by atoms with E-state index in [1.807, 2.05) is 0 Å². The van der Waals surface area contributed by atoms with Gasteiger partial charge in [0, 0.05) is 0 Å². The zero-order valence-corrected chi connectivity index (χ0v) is 9.65. The lowest BCUT2D eigenvalue weighted by Gasteiger charge is -2.24. The quantitative estimate of drug-likeness (QED) is 0.745. The summed E-state index contributed by atoms with van der Waals surface area (Å²) in [5.41, 5.74) is 0.478. The molecule has 0 aromatic carbocycles. The van der Waals surface area contributed by atoms with Crippen molar-refractivity contribution in [2.75, 3.05) is 12.4 Å². The second kappa shape index (κ2) is 4.94. The average Bonchev–Trinajstić information content (AvgIpc) is 2.28. The van der Waals surface area contributed by atoms with E-state index in [0.29, 0.717) is 11.4 Å². The molecule has 0 saturated carbocycles. The van der Waals surface area contributed by atoms with Gasteiger partial charge in [-0.3, -0.25) is 4.98 Å². The largest absolute Gasteiger partial charge is 0.467 e. The fourth-order valence-corrected chi connectivity index (χ4v) is 1.26. The number of nitrogens with zero attached hydrogens (tertiary/aromatic N) is 1. The number of pyridine rings is 1. The van der Waals surface area contributed by atoms with Gasteiger partial charge in [0.15, 0.2) is 0 Å². The zero-order valence-electron chi connectivity index (χ0n) is 9.65. The van der Waals surface area contributed by atoms with E-state index in [1.54, 1.807) is 32.2 Å². The highest BCUT2D eigenvalue weighted by molar-refractivity contribution is 5.83. The molecule has 5 heteroatoms. The van der Waals surface area contributed by atoms with Crippen molar-refractivity contribution in [2.24, 2.45) is 0 Å². The molecule has 0 aliphatic rings. The van der Waals surface area contributed by atoms with Crippen molar-refractivity contribution in [1.82, 2.24) is 4.98 Å². The van der Waals surface area contributed by atoms with Gasteiger partial charge in [0.1, 0.15) is 5.54 Å². The molecule has 0 amide bonds. The summed E-state index contributed by atoms with van der Waals surface area (Å²) in [6, 6.07) is 3.44. The van der Waals surface area contributed by atoms with Gasteiger partial charge in [-0.1, -0.05) is 0 Å². The fraction of sp³-hybridized carbons (Fsp3) is 0.455. The smallest absolute Gasteiger partial charge is 0.330 e. The number of aliphatic hydroxyl groups is 1. The van der Waals surface area contributed by atoms with Crippen molar-refractivity contribution >= 4 is 11.7 Å². The highest BCUT2D eigenvalue weighted by Crippen LogP contribution is 2.15. The van der Waals surface area contributed by atoms with Crippen LogP contribution in [-0.4, -0.2) is 28.7 Å². The van der Waals surface area contributed by atoms with Crippen molar-refractivity contribution < 1.29 is 14.6 Å². The van der Waals surface area contributed by atoms with Crippen molar-refractivity contribution in [3.05, 3.63) is 24.0 Å². The molecule has 0 atom stereocenters. The third-order valence-electron chi connectivity index (χ3n) is 2.14. The summed E-state index contributed by atoms with van der Waals surface area (Å²) in [4.78, 5) is 15.4. The molecule has 1 aromatic rings. The number of anilines is 1. The van der Waals surface area contributed by atoms with E-state index in [0.717, 1.165) is 0 Å². The molecule has 0 radical (unpaired) electrons. The van der Waals surface area contributed by atoms with E-state index < -0.39 is 5.54 Å². The van der Waals surface area contributed by atoms with Gasteiger partial charge in [-0.2, -0.15) is 0 Å². The van der Waals surface area contributed by atoms with Crippen LogP contribution in [0.3, 0.4) is 0 Å². The maximum atomic E-state index is 11.4. The number of nitrogens with one attached hydrogen (secondary N) is 1. The number of hydrogen-bond donors (Lipinski definition) is 2. The third-order valence-corrected chi connectivity index (χ3v) is 2.14. The van der Waals surface area contributed by atoms with Crippen molar-refractivity contribution in [3.8, 4) is 0 Å². The standard InChI is InChI=1S/C11H16N2O3/c1-11(2,10(15)16-3)13-8-4-5-9(7-14)12-6-8/h4-6,13-14H,7H2,1-3H3. The Morgan fingerprint density at radius 2 is 2.25 bits per heavy atom. The molecule has 0 bridgehead atoms. The number of aliphatic hydroxyl groups excluding tert-OH is 1. The summed E-state index contributed by atoms with van der Waals surface area (Å²) in [6.45, 7) is 3.35. The van der Waals surface area contributed by atoms with Gasteiger partial charge in [0.2, 0.25) is 0 Å². The Labute approximate surface area is 94.5 Å². The van der Waals surface area contributed by atoms with Crippen molar-refractivity contribution in [3.63, 3.8) is 0 Å². The summed E-state index contributed by atoms with van der Waals surface area (Å²) in [5.74, 6) is -0.348. The first-order valence-corrected chi connectivity index (χ1v) is 4.92. The fourth-order valence-electron chi connectivity index (χ4n) is 1.26. The van der Waals surface area contributed by atoms with E-state index in [1.165, 1.54) is 7.11 Å². The van der Waals surface area contributed by atoms with Gasteiger partial charge in [-0.05, 0) is 26.0 Å². The summed E-state index contributed by atoms with van der Waals surface area (Å²) in [5, 5.41) is 11.8. The lowest BCUT2D eigenvalue weighted by Crippen LogP contribution is -2.41. The van der Waals surface area contributed by atoms with Gasteiger partial charge in [-0.15, -0.1) is 0 Å². The predicted molar refractivity (Wildman–Crippen MR) is 59.9 cm³/mol. The first-order valence-electron chi connectivity index (χ1n) is 4.92. The minimum absolute atomic E-state index is 0.0966. The number of carbonyl (C=O) groups is 1. The Morgan fingerprint density at radius 3 is 2.69 bits per heavy atom. The van der Waals surface area contributed by atoms with Crippen LogP contribution in [-0.2, 0) is 16.1 Å². The average molecular weight is 224 g/mol. The monoisotopic (exact) mass is 224 g/mol. The molecular weight excluding hydrogens is 208 g/mol.